The Morgan fingerprint density at radius 2 is 1.89 bits per heavy atom. The number of nitrogens with zero attached hydrogens (tertiary/aromatic N) is 1. The van der Waals surface area contributed by atoms with E-state index in [4.69, 9.17) is 0 Å². The topological polar surface area (TPSA) is 85.6 Å². The lowest BCUT2D eigenvalue weighted by Gasteiger charge is -2.05. The van der Waals surface area contributed by atoms with E-state index in [0.717, 1.165) is 22.3 Å². The molecule has 6 nitrogen and oxygen atoms in total. The van der Waals surface area contributed by atoms with Crippen LogP contribution in [0.3, 0.4) is 0 Å². The number of methoxy groups -OCH3 is 1. The summed E-state index contributed by atoms with van der Waals surface area (Å²) in [7, 11) is 1.30. The van der Waals surface area contributed by atoms with Crippen LogP contribution in [0.5, 0.6) is 5.88 Å². The summed E-state index contributed by atoms with van der Waals surface area (Å²) in [6, 6.07) is 10.2. The van der Waals surface area contributed by atoms with Crippen LogP contribution in [-0.4, -0.2) is 34.4 Å². The highest BCUT2D eigenvalue weighted by atomic mass is 19.1. The van der Waals surface area contributed by atoms with Crippen molar-refractivity contribution in [1.82, 2.24) is 4.57 Å². The monoisotopic (exact) mass is 383 g/mol. The van der Waals surface area contributed by atoms with E-state index in [0.29, 0.717) is 6.42 Å². The highest BCUT2D eigenvalue weighted by Crippen LogP contribution is 2.33. The molecule has 0 aliphatic heterocycles. The van der Waals surface area contributed by atoms with Crippen molar-refractivity contribution in [2.75, 3.05) is 7.11 Å². The Labute approximate surface area is 160 Å². The van der Waals surface area contributed by atoms with Crippen molar-refractivity contribution in [3.8, 4) is 5.88 Å². The summed E-state index contributed by atoms with van der Waals surface area (Å²) in [6.07, 6.45) is 0.558. The third-order valence-corrected chi connectivity index (χ3v) is 4.48. The first-order valence-corrected chi connectivity index (χ1v) is 8.57. The van der Waals surface area contributed by atoms with Gasteiger partial charge in [-0.15, -0.1) is 0 Å². The number of halogens is 1. The Hall–Kier alpha value is -3.48. The van der Waals surface area contributed by atoms with Crippen molar-refractivity contribution >= 4 is 28.6 Å². The van der Waals surface area contributed by atoms with Gasteiger partial charge in [0.05, 0.1) is 18.2 Å². The van der Waals surface area contributed by atoms with E-state index in [9.17, 15) is 23.9 Å². The van der Waals surface area contributed by atoms with Gasteiger partial charge in [0.2, 0.25) is 11.8 Å². The third-order valence-electron chi connectivity index (χ3n) is 4.48. The Balaban J connectivity index is 2.06. The lowest BCUT2D eigenvalue weighted by atomic mass is 9.99. The number of aromatic hydroxyl groups is 1. The van der Waals surface area contributed by atoms with Crippen molar-refractivity contribution in [3.05, 3.63) is 65.0 Å². The largest absolute Gasteiger partial charge is 0.494 e. The molecule has 1 heterocycles. The first-order chi connectivity index (χ1) is 13.3. The molecular formula is C21H18FNO5. The van der Waals surface area contributed by atoms with Gasteiger partial charge in [0.15, 0.2) is 5.78 Å². The van der Waals surface area contributed by atoms with Gasteiger partial charge in [0.25, 0.3) is 0 Å². The molecule has 144 valence electrons. The second-order valence-corrected chi connectivity index (χ2v) is 6.32. The summed E-state index contributed by atoms with van der Waals surface area (Å²) in [5.74, 6) is -2.52. The summed E-state index contributed by atoms with van der Waals surface area (Å²) in [5.41, 5.74) is 1.08. The maximum Gasteiger partial charge on any atom is 0.305 e. The summed E-state index contributed by atoms with van der Waals surface area (Å²) in [5, 5.41) is 10.8. The Bertz CT molecular complexity index is 1100. The van der Waals surface area contributed by atoms with Gasteiger partial charge >= 0.3 is 5.97 Å². The van der Waals surface area contributed by atoms with E-state index in [1.54, 1.807) is 24.3 Å². The number of ketones is 1. The molecule has 3 rings (SSSR count). The molecule has 1 N–H and O–H groups in total. The molecule has 0 spiro atoms. The Morgan fingerprint density at radius 1 is 1.14 bits per heavy atom. The standard InChI is InChI=1S/C21H18FNO5/c1-12(24)23-17-11-15(22)7-8-16(17)19(21(23)27)20(26)14-5-3-4-13(10-14)6-9-18(25)28-2/h3-5,7-8,10-11,27H,6,9H2,1-2H3. The molecule has 0 saturated heterocycles. The van der Waals surface area contributed by atoms with E-state index in [2.05, 4.69) is 4.74 Å². The van der Waals surface area contributed by atoms with Crippen LogP contribution in [0.25, 0.3) is 10.9 Å². The van der Waals surface area contributed by atoms with Gasteiger partial charge in [-0.2, -0.15) is 0 Å². The number of rotatable bonds is 5. The quantitative estimate of drug-likeness (QED) is 0.539. The minimum Gasteiger partial charge on any atom is -0.494 e. The van der Waals surface area contributed by atoms with Gasteiger partial charge in [-0.3, -0.25) is 14.4 Å². The average Bonchev–Trinajstić information content (AvgIpc) is 2.96. The smallest absolute Gasteiger partial charge is 0.305 e. The molecule has 0 bridgehead atoms. The molecule has 0 aliphatic carbocycles. The van der Waals surface area contributed by atoms with Gasteiger partial charge in [-0.1, -0.05) is 18.2 Å². The van der Waals surface area contributed by atoms with Crippen LogP contribution < -0.4 is 0 Å². The zero-order chi connectivity index (χ0) is 20.4. The van der Waals surface area contributed by atoms with Crippen LogP contribution in [0.15, 0.2) is 42.5 Å². The summed E-state index contributed by atoms with van der Waals surface area (Å²) in [6.45, 7) is 1.21. The third kappa shape index (κ3) is 3.51. The maximum absolute atomic E-state index is 13.6. The number of fused-ring (bicyclic) bond motifs is 1. The van der Waals surface area contributed by atoms with Crippen LogP contribution in [-0.2, 0) is 16.0 Å². The SMILES string of the molecule is COC(=O)CCc1cccc(C(=O)c2c(O)n(C(C)=O)c3cc(F)ccc23)c1. The maximum atomic E-state index is 13.6. The lowest BCUT2D eigenvalue weighted by molar-refractivity contribution is -0.140. The number of hydrogen-bond donors (Lipinski definition) is 1. The van der Waals surface area contributed by atoms with E-state index in [1.807, 2.05) is 0 Å². The second kappa shape index (κ2) is 7.64. The van der Waals surface area contributed by atoms with Gasteiger partial charge < -0.3 is 9.84 Å². The van der Waals surface area contributed by atoms with Crippen LogP contribution in [0, 0.1) is 5.82 Å². The van der Waals surface area contributed by atoms with Gasteiger partial charge in [0, 0.05) is 24.3 Å². The van der Waals surface area contributed by atoms with E-state index in [-0.39, 0.29) is 34.4 Å². The first kappa shape index (κ1) is 19.3. The summed E-state index contributed by atoms with van der Waals surface area (Å²) < 4.78 is 19.2. The predicted octanol–water partition coefficient (Wildman–Crippen LogP) is 3.48. The van der Waals surface area contributed by atoms with Crippen LogP contribution >= 0.6 is 0 Å². The molecule has 0 fully saturated rings. The van der Waals surface area contributed by atoms with Crippen LogP contribution in [0.1, 0.15) is 39.6 Å². The fourth-order valence-electron chi connectivity index (χ4n) is 3.15. The highest BCUT2D eigenvalue weighted by Gasteiger charge is 2.25. The molecule has 1 aromatic heterocycles. The first-order valence-electron chi connectivity index (χ1n) is 8.57. The number of esters is 1. The van der Waals surface area contributed by atoms with Crippen molar-refractivity contribution in [1.29, 1.82) is 0 Å². The van der Waals surface area contributed by atoms with Crippen molar-refractivity contribution in [2.24, 2.45) is 0 Å². The molecule has 0 amide bonds. The molecule has 0 atom stereocenters. The Morgan fingerprint density at radius 3 is 2.57 bits per heavy atom. The zero-order valence-electron chi connectivity index (χ0n) is 15.4. The number of aryl methyl sites for hydroxylation is 1. The highest BCUT2D eigenvalue weighted by molar-refractivity contribution is 6.19. The van der Waals surface area contributed by atoms with Crippen LogP contribution in [0.4, 0.5) is 4.39 Å². The number of benzene rings is 2. The lowest BCUT2D eigenvalue weighted by Crippen LogP contribution is -2.06. The number of carbonyl (C=O) groups excluding carboxylic acids is 3. The van der Waals surface area contributed by atoms with Gasteiger partial charge in [0.1, 0.15) is 5.82 Å². The van der Waals surface area contributed by atoms with Crippen molar-refractivity contribution in [3.63, 3.8) is 0 Å². The summed E-state index contributed by atoms with van der Waals surface area (Å²) >= 11 is 0. The van der Waals surface area contributed by atoms with Crippen molar-refractivity contribution in [2.45, 2.75) is 19.8 Å². The number of hydrogen-bond acceptors (Lipinski definition) is 5. The Kier molecular flexibility index (Phi) is 5.26. The number of aromatic nitrogens is 1. The number of ether oxygens (including phenoxy) is 1. The minimum atomic E-state index is -0.587. The zero-order valence-corrected chi connectivity index (χ0v) is 15.4. The van der Waals surface area contributed by atoms with Gasteiger partial charge in [-0.05, 0) is 36.2 Å². The summed E-state index contributed by atoms with van der Waals surface area (Å²) in [4.78, 5) is 36.3. The molecule has 0 saturated carbocycles. The fraction of sp³-hybridized carbons (Fsp3) is 0.190. The average molecular weight is 383 g/mol. The van der Waals surface area contributed by atoms with Crippen molar-refractivity contribution < 1.29 is 28.6 Å². The van der Waals surface area contributed by atoms with E-state index >= 15 is 0 Å². The van der Waals surface area contributed by atoms with Gasteiger partial charge in [-0.25, -0.2) is 8.96 Å². The van der Waals surface area contributed by atoms with E-state index < -0.39 is 23.4 Å². The normalized spacial score (nSPS) is 10.8. The minimum absolute atomic E-state index is 0.0738. The van der Waals surface area contributed by atoms with E-state index in [1.165, 1.54) is 20.1 Å². The fourth-order valence-corrected chi connectivity index (χ4v) is 3.15. The molecule has 0 unspecified atom stereocenters. The molecular weight excluding hydrogens is 365 g/mol. The second-order valence-electron chi connectivity index (χ2n) is 6.32. The predicted molar refractivity (Wildman–Crippen MR) is 100 cm³/mol. The molecule has 2 aromatic carbocycles. The molecule has 3 aromatic rings. The molecule has 0 aliphatic rings. The molecule has 0 radical (unpaired) electrons. The molecule has 28 heavy (non-hydrogen) atoms. The molecule has 7 heteroatoms. The van der Waals surface area contributed by atoms with Crippen LogP contribution in [0.2, 0.25) is 0 Å². The number of carbonyl (C=O) groups is 3.